The zero-order chi connectivity index (χ0) is 16.2. The average molecular weight is 309 g/mol. The van der Waals surface area contributed by atoms with Crippen LogP contribution in [0.5, 0.6) is 0 Å². The molecule has 23 heavy (non-hydrogen) atoms. The molecule has 4 heteroatoms. The molecule has 1 fully saturated rings. The molecule has 2 aromatic carbocycles. The molecule has 118 valence electrons. The smallest absolute Gasteiger partial charge is 0.309 e. The predicted molar refractivity (Wildman–Crippen MR) is 86.7 cm³/mol. The second-order valence-corrected chi connectivity index (χ2v) is 5.76. The van der Waals surface area contributed by atoms with Crippen LogP contribution in [0, 0.1) is 11.8 Å². The van der Waals surface area contributed by atoms with Gasteiger partial charge >= 0.3 is 5.97 Å². The van der Waals surface area contributed by atoms with Crippen molar-refractivity contribution in [2.45, 2.75) is 12.5 Å². The summed E-state index contributed by atoms with van der Waals surface area (Å²) in [6.45, 7) is 0. The molecule has 2 aromatic rings. The van der Waals surface area contributed by atoms with Crippen LogP contribution in [-0.4, -0.2) is 19.0 Å². The van der Waals surface area contributed by atoms with E-state index in [0.29, 0.717) is 5.56 Å². The maximum Gasteiger partial charge on any atom is 0.309 e. The summed E-state index contributed by atoms with van der Waals surface area (Å²) >= 11 is 0. The Hall–Kier alpha value is -2.62. The van der Waals surface area contributed by atoms with Crippen molar-refractivity contribution >= 4 is 11.9 Å². The molecule has 1 aliphatic carbocycles. The second kappa shape index (κ2) is 6.65. The second-order valence-electron chi connectivity index (χ2n) is 5.76. The molecule has 3 rings (SSSR count). The highest BCUT2D eigenvalue weighted by Crippen LogP contribution is 2.48. The third kappa shape index (κ3) is 3.42. The Kier molecular flexibility index (Phi) is 4.42. The number of amides is 1. The van der Waals surface area contributed by atoms with Crippen molar-refractivity contribution < 1.29 is 14.3 Å². The van der Waals surface area contributed by atoms with E-state index in [0.717, 1.165) is 12.0 Å². The molecule has 1 amide bonds. The van der Waals surface area contributed by atoms with E-state index >= 15 is 0 Å². The highest BCUT2D eigenvalue weighted by atomic mass is 16.5. The van der Waals surface area contributed by atoms with Crippen LogP contribution in [0.4, 0.5) is 0 Å². The molecule has 0 bridgehead atoms. The lowest BCUT2D eigenvalue weighted by molar-refractivity contribution is -0.142. The Morgan fingerprint density at radius 2 is 1.65 bits per heavy atom. The first-order valence-electron chi connectivity index (χ1n) is 7.69. The van der Waals surface area contributed by atoms with Gasteiger partial charge in [-0.25, -0.2) is 0 Å². The van der Waals surface area contributed by atoms with Crippen LogP contribution in [0.1, 0.15) is 28.4 Å². The third-order valence-corrected chi connectivity index (χ3v) is 4.25. The van der Waals surface area contributed by atoms with Crippen molar-refractivity contribution in [2.24, 2.45) is 11.8 Å². The van der Waals surface area contributed by atoms with E-state index in [1.54, 1.807) is 12.1 Å². The van der Waals surface area contributed by atoms with Gasteiger partial charge in [-0.2, -0.15) is 0 Å². The van der Waals surface area contributed by atoms with Gasteiger partial charge in [0, 0.05) is 5.56 Å². The van der Waals surface area contributed by atoms with Crippen LogP contribution >= 0.6 is 0 Å². The van der Waals surface area contributed by atoms with Crippen LogP contribution in [0.15, 0.2) is 60.7 Å². The Labute approximate surface area is 135 Å². The number of rotatable bonds is 5. The minimum atomic E-state index is -0.204. The van der Waals surface area contributed by atoms with Crippen molar-refractivity contribution in [1.29, 1.82) is 0 Å². The van der Waals surface area contributed by atoms with Gasteiger partial charge < -0.3 is 10.1 Å². The Morgan fingerprint density at radius 3 is 2.26 bits per heavy atom. The van der Waals surface area contributed by atoms with Crippen LogP contribution in [0.3, 0.4) is 0 Å². The fourth-order valence-electron chi connectivity index (χ4n) is 2.92. The number of hydrogen-bond acceptors (Lipinski definition) is 3. The van der Waals surface area contributed by atoms with Crippen LogP contribution < -0.4 is 5.32 Å². The number of carbonyl (C=O) groups excluding carboxylic acids is 2. The first kappa shape index (κ1) is 15.3. The molecule has 0 radical (unpaired) electrons. The molecular formula is C19H19NO3. The molecular weight excluding hydrogens is 290 g/mol. The maximum absolute atomic E-state index is 12.5. The fourth-order valence-corrected chi connectivity index (χ4v) is 2.92. The topological polar surface area (TPSA) is 55.4 Å². The largest absolute Gasteiger partial charge is 0.469 e. The van der Waals surface area contributed by atoms with Gasteiger partial charge in [-0.05, 0) is 30.0 Å². The lowest BCUT2D eigenvalue weighted by Crippen LogP contribution is -2.30. The molecule has 0 saturated heterocycles. The lowest BCUT2D eigenvalue weighted by Gasteiger charge is -2.19. The first-order chi connectivity index (χ1) is 11.2. The number of ether oxygens (including phenoxy) is 1. The van der Waals surface area contributed by atoms with Crippen molar-refractivity contribution in [3.05, 3.63) is 71.8 Å². The lowest BCUT2D eigenvalue weighted by atomic mass is 10.0. The van der Waals surface area contributed by atoms with Gasteiger partial charge in [0.05, 0.1) is 19.1 Å². The molecule has 0 aromatic heterocycles. The number of methoxy groups -OCH3 is 1. The highest BCUT2D eigenvalue weighted by molar-refractivity contribution is 5.94. The van der Waals surface area contributed by atoms with Gasteiger partial charge in [0.25, 0.3) is 5.91 Å². The molecule has 0 unspecified atom stereocenters. The molecule has 3 atom stereocenters. The summed E-state index contributed by atoms with van der Waals surface area (Å²) in [4.78, 5) is 24.2. The van der Waals surface area contributed by atoms with Crippen molar-refractivity contribution in [2.75, 3.05) is 7.11 Å². The summed E-state index contributed by atoms with van der Waals surface area (Å²) in [6, 6.07) is 18.7. The summed E-state index contributed by atoms with van der Waals surface area (Å²) < 4.78 is 4.83. The zero-order valence-electron chi connectivity index (χ0n) is 12.9. The fraction of sp³-hybridized carbons (Fsp3) is 0.263. The summed E-state index contributed by atoms with van der Waals surface area (Å²) in [6.07, 6.45) is 0.737. The minimum Gasteiger partial charge on any atom is -0.469 e. The van der Waals surface area contributed by atoms with Gasteiger partial charge in [0.1, 0.15) is 0 Å². The molecule has 0 spiro atoms. The van der Waals surface area contributed by atoms with Crippen molar-refractivity contribution in [3.63, 3.8) is 0 Å². The number of nitrogens with one attached hydrogen (secondary N) is 1. The monoisotopic (exact) mass is 309 g/mol. The summed E-state index contributed by atoms with van der Waals surface area (Å²) in [7, 11) is 1.40. The number of esters is 1. The molecule has 0 heterocycles. The molecule has 4 nitrogen and oxygen atoms in total. The van der Waals surface area contributed by atoms with E-state index in [9.17, 15) is 9.59 Å². The first-order valence-corrected chi connectivity index (χ1v) is 7.69. The summed E-state index contributed by atoms with van der Waals surface area (Å²) in [5, 5.41) is 3.07. The van der Waals surface area contributed by atoms with Crippen LogP contribution in [-0.2, 0) is 9.53 Å². The normalized spacial score (nSPS) is 20.4. The van der Waals surface area contributed by atoms with E-state index in [-0.39, 0.29) is 29.8 Å². The molecule has 0 aliphatic heterocycles. The van der Waals surface area contributed by atoms with Gasteiger partial charge in [-0.3, -0.25) is 9.59 Å². The summed E-state index contributed by atoms with van der Waals surface area (Å²) in [5.41, 5.74) is 1.62. The van der Waals surface area contributed by atoms with E-state index in [1.807, 2.05) is 48.5 Å². The Balaban J connectivity index is 1.80. The average Bonchev–Trinajstić information content (AvgIpc) is 3.40. The van der Waals surface area contributed by atoms with E-state index < -0.39 is 0 Å². The van der Waals surface area contributed by atoms with Crippen molar-refractivity contribution in [1.82, 2.24) is 5.32 Å². The molecule has 1 aliphatic rings. The highest BCUT2D eigenvalue weighted by Gasteiger charge is 2.49. The zero-order valence-corrected chi connectivity index (χ0v) is 12.9. The number of carbonyl (C=O) groups is 2. The van der Waals surface area contributed by atoms with Crippen molar-refractivity contribution in [3.8, 4) is 0 Å². The molecule has 1 saturated carbocycles. The van der Waals surface area contributed by atoms with Crippen LogP contribution in [0.25, 0.3) is 0 Å². The van der Waals surface area contributed by atoms with Crippen LogP contribution in [0.2, 0.25) is 0 Å². The van der Waals surface area contributed by atoms with E-state index in [1.165, 1.54) is 7.11 Å². The van der Waals surface area contributed by atoms with E-state index in [4.69, 9.17) is 4.74 Å². The third-order valence-electron chi connectivity index (χ3n) is 4.25. The summed E-state index contributed by atoms with van der Waals surface area (Å²) in [5.74, 6) is -0.390. The Morgan fingerprint density at radius 1 is 1.04 bits per heavy atom. The van der Waals surface area contributed by atoms with Gasteiger partial charge in [0.2, 0.25) is 0 Å². The maximum atomic E-state index is 12.5. The number of hydrogen-bond donors (Lipinski definition) is 1. The standard InChI is InChI=1S/C19H19NO3/c1-23-19(22)16-12-15(16)17(13-8-4-2-5-9-13)20-18(21)14-10-6-3-7-11-14/h2-11,15-17H,12H2,1H3,(H,20,21)/t15-,16-,17+/m1/s1. The Bertz CT molecular complexity index is 684. The minimum absolute atomic E-state index is 0.0810. The number of benzene rings is 2. The molecule has 1 N–H and O–H groups in total. The van der Waals surface area contributed by atoms with Gasteiger partial charge in [-0.1, -0.05) is 48.5 Å². The van der Waals surface area contributed by atoms with E-state index in [2.05, 4.69) is 5.32 Å². The SMILES string of the molecule is COC(=O)[C@@H]1C[C@H]1[C@@H](NC(=O)c1ccccc1)c1ccccc1. The van der Waals surface area contributed by atoms with Gasteiger partial charge in [0.15, 0.2) is 0 Å². The van der Waals surface area contributed by atoms with Gasteiger partial charge in [-0.15, -0.1) is 0 Å². The predicted octanol–water partition coefficient (Wildman–Crippen LogP) is 2.97. The quantitative estimate of drug-likeness (QED) is 0.864.